The number of aliphatic hydroxyl groups excluding tert-OH is 4. The first-order chi connectivity index (χ1) is 5.57. The molecule has 0 aromatic rings. The van der Waals surface area contributed by atoms with Gasteiger partial charge in [0.05, 0.1) is 0 Å². The van der Waals surface area contributed by atoms with Gasteiger partial charge in [-0.2, -0.15) is 0 Å². The third-order valence-corrected chi connectivity index (χ3v) is 1.92. The first-order valence-electron chi connectivity index (χ1n) is 3.65. The molecule has 6 N–H and O–H groups in total. The summed E-state index contributed by atoms with van der Waals surface area (Å²) in [6.45, 7) is -0.0258. The number of ether oxygens (including phenoxy) is 1. The van der Waals surface area contributed by atoms with Crippen LogP contribution in [0.4, 0.5) is 0 Å². The molecule has 1 aliphatic rings. The Morgan fingerprint density at radius 1 is 1.00 bits per heavy atom. The van der Waals surface area contributed by atoms with Gasteiger partial charge >= 0.3 is 0 Å². The van der Waals surface area contributed by atoms with Crippen LogP contribution < -0.4 is 5.73 Å². The van der Waals surface area contributed by atoms with Crippen LogP contribution >= 0.6 is 0 Å². The SMILES string of the molecule is NCC1O[C@@H](O)[C@@H](O)[C@@H](O)C1O. The second-order valence-electron chi connectivity index (χ2n) is 2.77. The van der Waals surface area contributed by atoms with Crippen molar-refractivity contribution in [2.24, 2.45) is 5.73 Å². The first-order valence-corrected chi connectivity index (χ1v) is 3.65. The molecule has 6 nitrogen and oxygen atoms in total. The van der Waals surface area contributed by atoms with Crippen molar-refractivity contribution in [2.45, 2.75) is 30.7 Å². The fourth-order valence-corrected chi connectivity index (χ4v) is 1.13. The maximum atomic E-state index is 9.20. The van der Waals surface area contributed by atoms with E-state index in [9.17, 15) is 5.11 Å². The van der Waals surface area contributed by atoms with Crippen LogP contribution in [-0.2, 0) is 4.74 Å². The monoisotopic (exact) mass is 179 g/mol. The highest BCUT2D eigenvalue weighted by molar-refractivity contribution is 4.88. The van der Waals surface area contributed by atoms with Gasteiger partial charge in [0.1, 0.15) is 24.4 Å². The molecular weight excluding hydrogens is 166 g/mol. The lowest BCUT2D eigenvalue weighted by atomic mass is 9.99. The summed E-state index contributed by atoms with van der Waals surface area (Å²) in [7, 11) is 0. The predicted molar refractivity (Wildman–Crippen MR) is 38.0 cm³/mol. The molecule has 5 atom stereocenters. The minimum absolute atomic E-state index is 0.0258. The number of rotatable bonds is 1. The second kappa shape index (κ2) is 3.65. The van der Waals surface area contributed by atoms with Crippen LogP contribution in [0.15, 0.2) is 0 Å². The highest BCUT2D eigenvalue weighted by atomic mass is 16.6. The van der Waals surface area contributed by atoms with Crippen molar-refractivity contribution in [1.29, 1.82) is 0 Å². The van der Waals surface area contributed by atoms with E-state index in [0.29, 0.717) is 0 Å². The molecule has 1 aliphatic heterocycles. The van der Waals surface area contributed by atoms with Crippen molar-refractivity contribution in [3.05, 3.63) is 0 Å². The summed E-state index contributed by atoms with van der Waals surface area (Å²) in [6.07, 6.45) is -6.48. The third-order valence-electron chi connectivity index (χ3n) is 1.92. The molecule has 0 radical (unpaired) electrons. The van der Waals surface area contributed by atoms with Crippen LogP contribution in [-0.4, -0.2) is 57.7 Å². The molecule has 0 spiro atoms. The first kappa shape index (κ1) is 9.85. The summed E-state index contributed by atoms with van der Waals surface area (Å²) < 4.78 is 4.70. The Morgan fingerprint density at radius 2 is 1.58 bits per heavy atom. The molecule has 0 saturated carbocycles. The lowest BCUT2D eigenvalue weighted by molar-refractivity contribution is -0.279. The van der Waals surface area contributed by atoms with Crippen LogP contribution in [0.5, 0.6) is 0 Å². The van der Waals surface area contributed by atoms with E-state index >= 15 is 0 Å². The fourth-order valence-electron chi connectivity index (χ4n) is 1.13. The van der Waals surface area contributed by atoms with E-state index in [1.807, 2.05) is 0 Å². The van der Waals surface area contributed by atoms with Crippen molar-refractivity contribution < 1.29 is 25.2 Å². The van der Waals surface area contributed by atoms with E-state index in [4.69, 9.17) is 25.8 Å². The molecule has 1 fully saturated rings. The zero-order valence-corrected chi connectivity index (χ0v) is 6.37. The summed E-state index contributed by atoms with van der Waals surface area (Å²) in [6, 6.07) is 0. The van der Waals surface area contributed by atoms with Gasteiger partial charge in [-0.15, -0.1) is 0 Å². The van der Waals surface area contributed by atoms with E-state index < -0.39 is 30.7 Å². The Morgan fingerprint density at radius 3 is 2.08 bits per heavy atom. The summed E-state index contributed by atoms with van der Waals surface area (Å²) in [4.78, 5) is 0. The summed E-state index contributed by atoms with van der Waals surface area (Å²) in [5.74, 6) is 0. The van der Waals surface area contributed by atoms with E-state index in [0.717, 1.165) is 0 Å². The maximum absolute atomic E-state index is 9.20. The molecule has 12 heavy (non-hydrogen) atoms. The van der Waals surface area contributed by atoms with Crippen LogP contribution in [0.3, 0.4) is 0 Å². The van der Waals surface area contributed by atoms with Gasteiger partial charge in [-0.3, -0.25) is 0 Å². The molecular formula is C6H13NO5. The van der Waals surface area contributed by atoms with Gasteiger partial charge in [0.2, 0.25) is 0 Å². The maximum Gasteiger partial charge on any atom is 0.184 e. The topological polar surface area (TPSA) is 116 Å². The van der Waals surface area contributed by atoms with Crippen molar-refractivity contribution >= 4 is 0 Å². The minimum atomic E-state index is -1.49. The van der Waals surface area contributed by atoms with Gasteiger partial charge in [-0.1, -0.05) is 0 Å². The normalized spacial score (nSPS) is 49.2. The molecule has 0 bridgehead atoms. The molecule has 2 unspecified atom stereocenters. The minimum Gasteiger partial charge on any atom is -0.388 e. The Balaban J connectivity index is 2.63. The number of aliphatic hydroxyl groups is 4. The lowest BCUT2D eigenvalue weighted by Crippen LogP contribution is -2.59. The van der Waals surface area contributed by atoms with Crippen LogP contribution in [0, 0.1) is 0 Å². The van der Waals surface area contributed by atoms with Crippen molar-refractivity contribution in [3.63, 3.8) is 0 Å². The Kier molecular flexibility index (Phi) is 2.99. The Hall–Kier alpha value is -0.240. The average molecular weight is 179 g/mol. The number of nitrogens with two attached hydrogens (primary N) is 1. The largest absolute Gasteiger partial charge is 0.388 e. The molecule has 0 aromatic heterocycles. The second-order valence-corrected chi connectivity index (χ2v) is 2.77. The number of hydrogen-bond donors (Lipinski definition) is 5. The van der Waals surface area contributed by atoms with Crippen LogP contribution in [0.2, 0.25) is 0 Å². The molecule has 1 rings (SSSR count). The molecule has 0 aliphatic carbocycles. The van der Waals surface area contributed by atoms with Crippen molar-refractivity contribution in [3.8, 4) is 0 Å². The highest BCUT2D eigenvalue weighted by Crippen LogP contribution is 2.18. The molecule has 6 heteroatoms. The Bertz CT molecular complexity index is 150. The van der Waals surface area contributed by atoms with Crippen LogP contribution in [0.1, 0.15) is 0 Å². The predicted octanol–water partition coefficient (Wildman–Crippen LogP) is -3.25. The van der Waals surface area contributed by atoms with Gasteiger partial charge in [0.15, 0.2) is 6.29 Å². The molecule has 72 valence electrons. The molecule has 1 saturated heterocycles. The zero-order chi connectivity index (χ0) is 9.30. The third kappa shape index (κ3) is 1.58. The van der Waals surface area contributed by atoms with E-state index in [-0.39, 0.29) is 6.54 Å². The average Bonchev–Trinajstić information content (AvgIpc) is 2.08. The van der Waals surface area contributed by atoms with Gasteiger partial charge in [-0.25, -0.2) is 0 Å². The van der Waals surface area contributed by atoms with Crippen molar-refractivity contribution in [2.75, 3.05) is 6.54 Å². The van der Waals surface area contributed by atoms with Gasteiger partial charge in [-0.05, 0) is 0 Å². The van der Waals surface area contributed by atoms with Crippen molar-refractivity contribution in [1.82, 2.24) is 0 Å². The summed E-state index contributed by atoms with van der Waals surface area (Å²) >= 11 is 0. The summed E-state index contributed by atoms with van der Waals surface area (Å²) in [5.41, 5.74) is 5.17. The van der Waals surface area contributed by atoms with Gasteiger partial charge in [0.25, 0.3) is 0 Å². The van der Waals surface area contributed by atoms with E-state index in [1.165, 1.54) is 0 Å². The standard InChI is InChI=1S/C6H13NO5/c7-1-2-3(8)4(9)5(10)6(11)12-2/h2-6,8-11H,1,7H2/t2?,3?,4-,5-,6+/m0/s1. The fraction of sp³-hybridized carbons (Fsp3) is 1.00. The van der Waals surface area contributed by atoms with Crippen LogP contribution in [0.25, 0.3) is 0 Å². The highest BCUT2D eigenvalue weighted by Gasteiger charge is 2.42. The zero-order valence-electron chi connectivity index (χ0n) is 6.37. The molecule has 0 amide bonds. The van der Waals surface area contributed by atoms with E-state index in [1.54, 1.807) is 0 Å². The van der Waals surface area contributed by atoms with Gasteiger partial charge in [0, 0.05) is 6.54 Å². The van der Waals surface area contributed by atoms with E-state index in [2.05, 4.69) is 0 Å². The Labute approximate surface area is 69.2 Å². The molecule has 1 heterocycles. The molecule has 0 aromatic carbocycles. The quantitative estimate of drug-likeness (QED) is 0.288. The lowest BCUT2D eigenvalue weighted by Gasteiger charge is -2.37. The van der Waals surface area contributed by atoms with Gasteiger partial charge < -0.3 is 30.9 Å². The smallest absolute Gasteiger partial charge is 0.184 e. The summed E-state index contributed by atoms with van der Waals surface area (Å²) in [5, 5.41) is 36.3. The number of hydrogen-bond acceptors (Lipinski definition) is 6.